The van der Waals surface area contributed by atoms with Crippen LogP contribution in [0.3, 0.4) is 0 Å². The summed E-state index contributed by atoms with van der Waals surface area (Å²) in [6, 6.07) is 2.04. The van der Waals surface area contributed by atoms with Crippen LogP contribution in [0.5, 0.6) is 0 Å². The third-order valence-corrected chi connectivity index (χ3v) is 6.77. The molecule has 1 unspecified atom stereocenters. The highest BCUT2D eigenvalue weighted by molar-refractivity contribution is 7.91. The molecule has 1 aliphatic heterocycles. The van der Waals surface area contributed by atoms with Crippen LogP contribution in [-0.4, -0.2) is 42.3 Å². The Hall–Kier alpha value is -1.45. The number of carboxylic acid groups (broad SMARTS) is 1. The zero-order chi connectivity index (χ0) is 15.6. The maximum atomic E-state index is 12.6. The molecule has 3 N–H and O–H groups in total. The summed E-state index contributed by atoms with van der Waals surface area (Å²) >= 11 is 0.913. The van der Waals surface area contributed by atoms with E-state index in [-0.39, 0.29) is 17.2 Å². The second-order valence-electron chi connectivity index (χ2n) is 4.82. The molecule has 0 saturated carbocycles. The third-order valence-electron chi connectivity index (χ3n) is 3.31. The predicted molar refractivity (Wildman–Crippen MR) is 76.4 cm³/mol. The van der Waals surface area contributed by atoms with Gasteiger partial charge in [-0.25, -0.2) is 8.42 Å². The summed E-state index contributed by atoms with van der Waals surface area (Å²) in [7, 11) is -3.81. The molecular formula is C12H16N2O5S2. The van der Waals surface area contributed by atoms with E-state index in [4.69, 9.17) is 10.8 Å². The van der Waals surface area contributed by atoms with Crippen molar-refractivity contribution in [3.05, 3.63) is 17.0 Å². The number of carbonyl (C=O) groups excluding carboxylic acids is 1. The van der Waals surface area contributed by atoms with Gasteiger partial charge in [0.15, 0.2) is 0 Å². The number of rotatable bonds is 5. The molecule has 0 spiro atoms. The number of hydrogen-bond acceptors (Lipinski definition) is 5. The number of aliphatic carboxylic acids is 1. The van der Waals surface area contributed by atoms with Crippen molar-refractivity contribution in [2.24, 2.45) is 5.73 Å². The summed E-state index contributed by atoms with van der Waals surface area (Å²) in [5.41, 5.74) is 5.28. The summed E-state index contributed by atoms with van der Waals surface area (Å²) in [5.74, 6) is -1.67. The van der Waals surface area contributed by atoms with Gasteiger partial charge in [-0.2, -0.15) is 4.31 Å². The quantitative estimate of drug-likeness (QED) is 0.809. The molecule has 1 aliphatic rings. The summed E-state index contributed by atoms with van der Waals surface area (Å²) < 4.78 is 26.3. The van der Waals surface area contributed by atoms with E-state index in [9.17, 15) is 18.0 Å². The molecule has 1 aromatic rings. The van der Waals surface area contributed by atoms with E-state index >= 15 is 0 Å². The second kappa shape index (κ2) is 6.12. The first kappa shape index (κ1) is 15.9. The van der Waals surface area contributed by atoms with Gasteiger partial charge < -0.3 is 10.8 Å². The minimum Gasteiger partial charge on any atom is -0.481 e. The summed E-state index contributed by atoms with van der Waals surface area (Å²) in [6.45, 7) is 0.252. The van der Waals surface area contributed by atoms with Crippen LogP contribution in [-0.2, 0) is 26.0 Å². The van der Waals surface area contributed by atoms with Gasteiger partial charge in [0, 0.05) is 11.4 Å². The van der Waals surface area contributed by atoms with E-state index in [2.05, 4.69) is 0 Å². The number of carboxylic acids is 1. The number of sulfonamides is 1. The van der Waals surface area contributed by atoms with E-state index in [1.807, 2.05) is 0 Å². The largest absolute Gasteiger partial charge is 0.481 e. The Morgan fingerprint density at radius 3 is 2.71 bits per heavy atom. The normalized spacial score (nSPS) is 20.3. The minimum atomic E-state index is -3.81. The molecule has 1 aromatic heterocycles. The third kappa shape index (κ3) is 3.42. The molecule has 0 aromatic carbocycles. The molecule has 1 fully saturated rings. The molecule has 9 heteroatoms. The number of thiophene rings is 1. The van der Waals surface area contributed by atoms with E-state index in [0.717, 1.165) is 22.1 Å². The molecule has 2 rings (SSSR count). The minimum absolute atomic E-state index is 0.0481. The zero-order valence-electron chi connectivity index (χ0n) is 11.2. The Labute approximate surface area is 126 Å². The Bertz CT molecular complexity index is 652. The van der Waals surface area contributed by atoms with Gasteiger partial charge in [0.2, 0.25) is 5.91 Å². The van der Waals surface area contributed by atoms with Crippen molar-refractivity contribution >= 4 is 33.2 Å². The van der Waals surface area contributed by atoms with Crippen molar-refractivity contribution in [1.82, 2.24) is 4.31 Å². The van der Waals surface area contributed by atoms with Crippen molar-refractivity contribution in [3.8, 4) is 0 Å². The number of nitrogens with two attached hydrogens (primary N) is 1. The second-order valence-corrected chi connectivity index (χ2v) is 8.11. The molecule has 1 amide bonds. The number of carbonyl (C=O) groups is 2. The molecule has 0 aliphatic carbocycles. The number of primary amides is 1. The van der Waals surface area contributed by atoms with Gasteiger partial charge in [-0.05, 0) is 25.0 Å². The van der Waals surface area contributed by atoms with Gasteiger partial charge in [0.1, 0.15) is 10.3 Å². The van der Waals surface area contributed by atoms with Crippen LogP contribution in [0.2, 0.25) is 0 Å². The van der Waals surface area contributed by atoms with Gasteiger partial charge >= 0.3 is 5.97 Å². The number of amides is 1. The van der Waals surface area contributed by atoms with Crippen LogP contribution < -0.4 is 5.73 Å². The summed E-state index contributed by atoms with van der Waals surface area (Å²) in [6.07, 6.45) is 1.63. The lowest BCUT2D eigenvalue weighted by molar-refractivity contribution is -0.136. The van der Waals surface area contributed by atoms with Crippen molar-refractivity contribution in [2.45, 2.75) is 35.9 Å². The first-order valence-corrected chi connectivity index (χ1v) is 8.69. The topological polar surface area (TPSA) is 118 Å². The smallest absolute Gasteiger partial charge is 0.308 e. The molecular weight excluding hydrogens is 316 g/mol. The van der Waals surface area contributed by atoms with Gasteiger partial charge in [0.25, 0.3) is 10.0 Å². The molecule has 0 bridgehead atoms. The molecule has 1 saturated heterocycles. The van der Waals surface area contributed by atoms with E-state index in [1.165, 1.54) is 12.1 Å². The molecule has 0 radical (unpaired) electrons. The fourth-order valence-electron chi connectivity index (χ4n) is 2.33. The van der Waals surface area contributed by atoms with E-state index in [0.29, 0.717) is 17.7 Å². The van der Waals surface area contributed by atoms with Crippen LogP contribution in [0.25, 0.3) is 0 Å². The first-order chi connectivity index (χ1) is 9.82. The van der Waals surface area contributed by atoms with Crippen molar-refractivity contribution in [3.63, 3.8) is 0 Å². The van der Waals surface area contributed by atoms with Gasteiger partial charge in [0.05, 0.1) is 6.42 Å². The lowest BCUT2D eigenvalue weighted by atomic mass is 10.0. The average molecular weight is 332 g/mol. The van der Waals surface area contributed by atoms with Crippen LogP contribution in [0.4, 0.5) is 0 Å². The fraction of sp³-hybridized carbons (Fsp3) is 0.500. The van der Waals surface area contributed by atoms with E-state index < -0.39 is 27.9 Å². The number of hydrogen-bond donors (Lipinski definition) is 2. The van der Waals surface area contributed by atoms with Crippen molar-refractivity contribution in [1.29, 1.82) is 0 Å². The molecule has 1 atom stereocenters. The SMILES string of the molecule is NC(=O)C1CCCCN1S(=O)(=O)c1ccc(CC(=O)O)s1. The molecule has 21 heavy (non-hydrogen) atoms. The Morgan fingerprint density at radius 1 is 1.38 bits per heavy atom. The van der Waals surface area contributed by atoms with Crippen molar-refractivity contribution < 1.29 is 23.1 Å². The Balaban J connectivity index is 2.29. The Morgan fingerprint density at radius 2 is 2.10 bits per heavy atom. The summed E-state index contributed by atoms with van der Waals surface area (Å²) in [5, 5.41) is 8.73. The van der Waals surface area contributed by atoms with Crippen LogP contribution in [0.1, 0.15) is 24.1 Å². The molecule has 7 nitrogen and oxygen atoms in total. The highest BCUT2D eigenvalue weighted by Crippen LogP contribution is 2.29. The summed E-state index contributed by atoms with van der Waals surface area (Å²) in [4.78, 5) is 22.5. The standard InChI is InChI=1S/C12H16N2O5S2/c13-12(17)9-3-1-2-6-14(9)21(18,19)11-5-4-8(20-11)7-10(15)16/h4-5,9H,1-3,6-7H2,(H2,13,17)(H,15,16). The first-order valence-electron chi connectivity index (χ1n) is 6.44. The van der Waals surface area contributed by atoms with Crippen molar-refractivity contribution in [2.75, 3.05) is 6.54 Å². The lowest BCUT2D eigenvalue weighted by Gasteiger charge is -2.32. The maximum Gasteiger partial charge on any atom is 0.308 e. The van der Waals surface area contributed by atoms with Crippen LogP contribution >= 0.6 is 11.3 Å². The highest BCUT2D eigenvalue weighted by Gasteiger charge is 2.37. The lowest BCUT2D eigenvalue weighted by Crippen LogP contribution is -2.50. The van der Waals surface area contributed by atoms with Gasteiger partial charge in [-0.15, -0.1) is 11.3 Å². The van der Waals surface area contributed by atoms with Crippen LogP contribution in [0, 0.1) is 0 Å². The van der Waals surface area contributed by atoms with Crippen LogP contribution in [0.15, 0.2) is 16.3 Å². The predicted octanol–water partition coefficient (Wildman–Crippen LogP) is 0.404. The monoisotopic (exact) mass is 332 g/mol. The number of nitrogens with zero attached hydrogens (tertiary/aromatic N) is 1. The highest BCUT2D eigenvalue weighted by atomic mass is 32.2. The van der Waals surface area contributed by atoms with Gasteiger partial charge in [-0.3, -0.25) is 9.59 Å². The fourth-order valence-corrected chi connectivity index (χ4v) is 5.47. The van der Waals surface area contributed by atoms with Gasteiger partial charge in [-0.1, -0.05) is 6.42 Å². The zero-order valence-corrected chi connectivity index (χ0v) is 12.8. The average Bonchev–Trinajstić information content (AvgIpc) is 2.87. The molecule has 2 heterocycles. The van der Waals surface area contributed by atoms with E-state index in [1.54, 1.807) is 0 Å². The maximum absolute atomic E-state index is 12.6. The number of piperidine rings is 1. The Kier molecular flexibility index (Phi) is 4.64. The molecule has 116 valence electrons.